The van der Waals surface area contributed by atoms with Gasteiger partial charge < -0.3 is 5.11 Å². The van der Waals surface area contributed by atoms with Crippen LogP contribution in [0.4, 0.5) is 0 Å². The summed E-state index contributed by atoms with van der Waals surface area (Å²) in [5.74, 6) is 0. The molecule has 0 saturated heterocycles. The molecule has 1 N–H and O–H groups in total. The van der Waals surface area contributed by atoms with Crippen LogP contribution < -0.4 is 0 Å². The molecule has 0 fully saturated rings. The van der Waals surface area contributed by atoms with Gasteiger partial charge in [0.2, 0.25) is 0 Å². The van der Waals surface area contributed by atoms with Crippen LogP contribution in [0.5, 0.6) is 0 Å². The van der Waals surface area contributed by atoms with Crippen LogP contribution in [0.3, 0.4) is 0 Å². The van der Waals surface area contributed by atoms with Gasteiger partial charge in [-0.25, -0.2) is 0 Å². The molecule has 0 radical (unpaired) electrons. The Labute approximate surface area is 77.1 Å². The minimum Gasteiger partial charge on any atom is -0.389 e. The maximum Gasteiger partial charge on any atom is 0.0700 e. The monoisotopic (exact) mass is 180 g/mol. The fourth-order valence-corrected chi connectivity index (χ4v) is 1.51. The Morgan fingerprint density at radius 1 is 1.33 bits per heavy atom. The zero-order valence-corrected chi connectivity index (χ0v) is 7.79. The summed E-state index contributed by atoms with van der Waals surface area (Å²) in [5.41, 5.74) is 0. The third kappa shape index (κ3) is 3.60. The third-order valence-electron chi connectivity index (χ3n) is 1.30. The van der Waals surface area contributed by atoms with Crippen molar-refractivity contribution in [2.75, 3.05) is 0 Å². The molecule has 0 bridgehead atoms. The molecule has 64 valence electrons. The first-order valence-electron chi connectivity index (χ1n) is 3.85. The Hall–Kier alpha value is -0.730. The first-order chi connectivity index (χ1) is 5.79. The smallest absolute Gasteiger partial charge is 0.0700 e. The molecule has 0 aliphatic carbocycles. The van der Waals surface area contributed by atoms with Crippen LogP contribution in [0.1, 0.15) is 6.92 Å². The van der Waals surface area contributed by atoms with Gasteiger partial charge in [0.25, 0.3) is 0 Å². The summed E-state index contributed by atoms with van der Waals surface area (Å²) in [6.45, 7) is 1.74. The number of aliphatic hydroxyl groups excluding tert-OH is 1. The zero-order chi connectivity index (χ0) is 8.81. The van der Waals surface area contributed by atoms with Gasteiger partial charge in [0.05, 0.1) is 6.10 Å². The van der Waals surface area contributed by atoms with Crippen molar-refractivity contribution in [2.45, 2.75) is 17.9 Å². The van der Waals surface area contributed by atoms with Crippen molar-refractivity contribution >= 4 is 11.8 Å². The highest BCUT2D eigenvalue weighted by Crippen LogP contribution is 2.17. The first kappa shape index (κ1) is 9.36. The molecule has 0 aliphatic heterocycles. The van der Waals surface area contributed by atoms with E-state index >= 15 is 0 Å². The summed E-state index contributed by atoms with van der Waals surface area (Å²) in [6, 6.07) is 10.1. The number of hydrogen-bond donors (Lipinski definition) is 1. The highest BCUT2D eigenvalue weighted by Gasteiger charge is 1.88. The van der Waals surface area contributed by atoms with E-state index < -0.39 is 0 Å². The molecule has 0 heterocycles. The second-order valence-electron chi connectivity index (χ2n) is 2.50. The van der Waals surface area contributed by atoms with Crippen LogP contribution >= 0.6 is 11.8 Å². The molecule has 0 aliphatic rings. The summed E-state index contributed by atoms with van der Waals surface area (Å²) in [4.78, 5) is 1.19. The normalized spacial score (nSPS) is 13.5. The molecular formula is C10H12OS. The number of hydrogen-bond acceptors (Lipinski definition) is 2. The predicted octanol–water partition coefficient (Wildman–Crippen LogP) is 2.67. The minimum absolute atomic E-state index is 0.360. The van der Waals surface area contributed by atoms with E-state index in [2.05, 4.69) is 0 Å². The lowest BCUT2D eigenvalue weighted by Gasteiger charge is -1.95. The zero-order valence-electron chi connectivity index (χ0n) is 6.97. The van der Waals surface area contributed by atoms with E-state index in [9.17, 15) is 0 Å². The van der Waals surface area contributed by atoms with Gasteiger partial charge in [0, 0.05) is 4.90 Å². The standard InChI is InChI=1S/C10H12OS/c1-9(11)7-8-12-10-5-3-2-4-6-10/h2-9,11H,1H3/t9-/m1/s1. The molecule has 0 aromatic heterocycles. The van der Waals surface area contributed by atoms with Crippen molar-refractivity contribution in [3.8, 4) is 0 Å². The minimum atomic E-state index is -0.360. The lowest BCUT2D eigenvalue weighted by atomic mass is 10.4. The highest BCUT2D eigenvalue weighted by atomic mass is 32.2. The van der Waals surface area contributed by atoms with Crippen molar-refractivity contribution in [1.29, 1.82) is 0 Å². The van der Waals surface area contributed by atoms with Crippen LogP contribution in [0.25, 0.3) is 0 Å². The van der Waals surface area contributed by atoms with E-state index in [1.165, 1.54) is 4.90 Å². The molecule has 1 atom stereocenters. The van der Waals surface area contributed by atoms with Gasteiger partial charge in [0.15, 0.2) is 0 Å². The molecule has 1 aromatic rings. The molecule has 2 heteroatoms. The van der Waals surface area contributed by atoms with Gasteiger partial charge in [-0.05, 0) is 30.5 Å². The SMILES string of the molecule is C[C@@H](O)C=CSc1ccccc1. The fraction of sp³-hybridized carbons (Fsp3) is 0.200. The van der Waals surface area contributed by atoms with Crippen molar-refractivity contribution < 1.29 is 5.11 Å². The Bertz CT molecular complexity index is 241. The highest BCUT2D eigenvalue weighted by molar-refractivity contribution is 8.02. The molecule has 12 heavy (non-hydrogen) atoms. The summed E-state index contributed by atoms with van der Waals surface area (Å²) < 4.78 is 0. The van der Waals surface area contributed by atoms with Crippen LogP contribution in [-0.2, 0) is 0 Å². The van der Waals surface area contributed by atoms with Gasteiger partial charge in [-0.1, -0.05) is 30.0 Å². The average Bonchev–Trinajstić information content (AvgIpc) is 2.05. The Kier molecular flexibility index (Phi) is 3.91. The Balaban J connectivity index is 2.43. The van der Waals surface area contributed by atoms with Gasteiger partial charge in [-0.15, -0.1) is 0 Å². The number of benzene rings is 1. The fourth-order valence-electron chi connectivity index (χ4n) is 0.731. The topological polar surface area (TPSA) is 20.2 Å². The van der Waals surface area contributed by atoms with Crippen LogP contribution in [0, 0.1) is 0 Å². The second-order valence-corrected chi connectivity index (χ2v) is 3.48. The van der Waals surface area contributed by atoms with E-state index in [-0.39, 0.29) is 6.10 Å². The van der Waals surface area contributed by atoms with E-state index in [0.29, 0.717) is 0 Å². The van der Waals surface area contributed by atoms with Gasteiger partial charge in [0.1, 0.15) is 0 Å². The summed E-state index contributed by atoms with van der Waals surface area (Å²) in [6.07, 6.45) is 1.40. The third-order valence-corrected chi connectivity index (χ3v) is 2.14. The van der Waals surface area contributed by atoms with E-state index in [1.54, 1.807) is 24.8 Å². The van der Waals surface area contributed by atoms with Crippen molar-refractivity contribution in [3.05, 3.63) is 41.8 Å². The maximum absolute atomic E-state index is 8.93. The summed E-state index contributed by atoms with van der Waals surface area (Å²) >= 11 is 1.61. The maximum atomic E-state index is 8.93. The van der Waals surface area contributed by atoms with Crippen LogP contribution in [0.2, 0.25) is 0 Å². The largest absolute Gasteiger partial charge is 0.389 e. The molecule has 0 saturated carbocycles. The van der Waals surface area contributed by atoms with Gasteiger partial charge >= 0.3 is 0 Å². The van der Waals surface area contributed by atoms with Gasteiger partial charge in [-0.3, -0.25) is 0 Å². The van der Waals surface area contributed by atoms with Crippen molar-refractivity contribution in [3.63, 3.8) is 0 Å². The number of thioether (sulfide) groups is 1. The van der Waals surface area contributed by atoms with Crippen LogP contribution in [-0.4, -0.2) is 11.2 Å². The molecule has 1 rings (SSSR count). The molecule has 0 amide bonds. The molecule has 0 unspecified atom stereocenters. The van der Waals surface area contributed by atoms with Gasteiger partial charge in [-0.2, -0.15) is 0 Å². The Morgan fingerprint density at radius 3 is 2.58 bits per heavy atom. The first-order valence-corrected chi connectivity index (χ1v) is 4.73. The quantitative estimate of drug-likeness (QED) is 0.722. The lowest BCUT2D eigenvalue weighted by molar-refractivity contribution is 0.244. The Morgan fingerprint density at radius 2 is 2.00 bits per heavy atom. The number of aliphatic hydroxyl groups is 1. The van der Waals surface area contributed by atoms with Crippen molar-refractivity contribution in [2.24, 2.45) is 0 Å². The van der Waals surface area contributed by atoms with E-state index in [4.69, 9.17) is 5.11 Å². The number of rotatable bonds is 3. The average molecular weight is 180 g/mol. The van der Waals surface area contributed by atoms with Crippen LogP contribution in [0.15, 0.2) is 46.7 Å². The molecule has 1 aromatic carbocycles. The molecule has 1 nitrogen and oxygen atoms in total. The van der Waals surface area contributed by atoms with Crippen molar-refractivity contribution in [1.82, 2.24) is 0 Å². The second kappa shape index (κ2) is 5.01. The van der Waals surface area contributed by atoms with E-state index in [0.717, 1.165) is 0 Å². The lowest BCUT2D eigenvalue weighted by Crippen LogP contribution is -1.90. The summed E-state index contributed by atoms with van der Waals surface area (Å²) in [5, 5.41) is 10.8. The molecular weight excluding hydrogens is 168 g/mol. The molecule has 0 spiro atoms. The van der Waals surface area contributed by atoms with E-state index in [1.807, 2.05) is 35.7 Å². The summed E-state index contributed by atoms with van der Waals surface area (Å²) in [7, 11) is 0. The predicted molar refractivity (Wildman–Crippen MR) is 53.1 cm³/mol.